The molecule has 0 spiro atoms. The molecule has 0 saturated heterocycles. The molecule has 1 unspecified atom stereocenters. The maximum Gasteiger partial charge on any atom is 0.0599 e. The van der Waals surface area contributed by atoms with E-state index in [0.717, 1.165) is 30.6 Å². The third-order valence-electron chi connectivity index (χ3n) is 6.26. The number of hydrogen-bond donors (Lipinski definition) is 1. The van der Waals surface area contributed by atoms with E-state index in [1.165, 1.54) is 44.1 Å². The van der Waals surface area contributed by atoms with Crippen molar-refractivity contribution in [1.29, 1.82) is 0 Å². The number of aromatic nitrogens is 2. The van der Waals surface area contributed by atoms with Gasteiger partial charge in [0, 0.05) is 13.2 Å². The second-order valence-corrected chi connectivity index (χ2v) is 7.86. The molecule has 110 valence electrons. The van der Waals surface area contributed by atoms with Gasteiger partial charge in [-0.05, 0) is 80.1 Å². The van der Waals surface area contributed by atoms with E-state index in [0.29, 0.717) is 0 Å². The molecule has 4 fully saturated rings. The number of aliphatic hydroxyl groups excluding tert-OH is 1. The van der Waals surface area contributed by atoms with Crippen molar-refractivity contribution in [3.8, 4) is 0 Å². The van der Waals surface area contributed by atoms with Crippen molar-refractivity contribution in [2.45, 2.75) is 57.5 Å². The molecule has 0 radical (unpaired) electrons. The quantitative estimate of drug-likeness (QED) is 0.916. The molecule has 20 heavy (non-hydrogen) atoms. The molecule has 1 aromatic heterocycles. The van der Waals surface area contributed by atoms with E-state index in [4.69, 9.17) is 0 Å². The van der Waals surface area contributed by atoms with E-state index in [1.807, 2.05) is 17.9 Å². The zero-order valence-corrected chi connectivity index (χ0v) is 12.5. The zero-order chi connectivity index (χ0) is 13.7. The molecule has 4 bridgehead atoms. The van der Waals surface area contributed by atoms with Crippen LogP contribution in [0.5, 0.6) is 0 Å². The van der Waals surface area contributed by atoms with Crippen LogP contribution >= 0.6 is 0 Å². The van der Waals surface area contributed by atoms with Crippen LogP contribution in [0.15, 0.2) is 12.4 Å². The third kappa shape index (κ3) is 2.11. The summed E-state index contributed by atoms with van der Waals surface area (Å²) in [4.78, 5) is 0. The Labute approximate surface area is 121 Å². The highest BCUT2D eigenvalue weighted by Crippen LogP contribution is 2.61. The molecular formula is C17H26N2O. The fraction of sp³-hybridized carbons (Fsp3) is 0.824. The average molecular weight is 274 g/mol. The number of hydrogen-bond acceptors (Lipinski definition) is 2. The molecule has 0 aliphatic heterocycles. The van der Waals surface area contributed by atoms with Gasteiger partial charge in [0.1, 0.15) is 0 Å². The van der Waals surface area contributed by atoms with Crippen LogP contribution in [0.4, 0.5) is 0 Å². The van der Waals surface area contributed by atoms with Crippen molar-refractivity contribution >= 4 is 0 Å². The molecule has 1 aromatic rings. The van der Waals surface area contributed by atoms with Crippen LogP contribution in [0.1, 0.15) is 50.5 Å². The predicted molar refractivity (Wildman–Crippen MR) is 78.1 cm³/mol. The summed E-state index contributed by atoms with van der Waals surface area (Å²) in [6.45, 7) is 0. The maximum absolute atomic E-state index is 10.9. The number of nitrogens with zero attached hydrogens (tertiary/aromatic N) is 2. The van der Waals surface area contributed by atoms with Gasteiger partial charge in [-0.1, -0.05) is 0 Å². The molecule has 0 aromatic carbocycles. The zero-order valence-electron chi connectivity index (χ0n) is 12.5. The fourth-order valence-electron chi connectivity index (χ4n) is 5.80. The fourth-order valence-corrected chi connectivity index (χ4v) is 5.80. The number of rotatable bonds is 4. The van der Waals surface area contributed by atoms with Crippen LogP contribution in [0.2, 0.25) is 0 Å². The Balaban J connectivity index is 1.44. The van der Waals surface area contributed by atoms with E-state index < -0.39 is 0 Å². The van der Waals surface area contributed by atoms with Crippen LogP contribution in [0, 0.1) is 23.2 Å². The molecule has 1 atom stereocenters. The first-order chi connectivity index (χ1) is 9.63. The lowest BCUT2D eigenvalue weighted by molar-refractivity contribution is -0.121. The first-order valence-corrected chi connectivity index (χ1v) is 8.28. The molecular weight excluding hydrogens is 248 g/mol. The lowest BCUT2D eigenvalue weighted by Crippen LogP contribution is -2.51. The first kappa shape index (κ1) is 12.9. The summed E-state index contributed by atoms with van der Waals surface area (Å²) >= 11 is 0. The van der Waals surface area contributed by atoms with Crippen molar-refractivity contribution in [3.05, 3.63) is 18.0 Å². The molecule has 4 aliphatic carbocycles. The molecule has 3 heteroatoms. The highest BCUT2D eigenvalue weighted by Gasteiger charge is 2.53. The predicted octanol–water partition coefficient (Wildman–Crippen LogP) is 2.93. The first-order valence-electron chi connectivity index (χ1n) is 8.28. The summed E-state index contributed by atoms with van der Waals surface area (Å²) in [6.07, 6.45) is 14.1. The lowest BCUT2D eigenvalue weighted by atomic mass is 9.48. The van der Waals surface area contributed by atoms with Gasteiger partial charge in [0.2, 0.25) is 0 Å². The Morgan fingerprint density at radius 3 is 2.35 bits per heavy atom. The Morgan fingerprint density at radius 2 is 1.85 bits per heavy atom. The summed E-state index contributed by atoms with van der Waals surface area (Å²) < 4.78 is 1.85. The Kier molecular flexibility index (Phi) is 2.95. The second-order valence-electron chi connectivity index (χ2n) is 7.86. The van der Waals surface area contributed by atoms with E-state index in [1.54, 1.807) is 0 Å². The Hall–Kier alpha value is -0.830. The second kappa shape index (κ2) is 4.59. The van der Waals surface area contributed by atoms with Gasteiger partial charge >= 0.3 is 0 Å². The van der Waals surface area contributed by atoms with E-state index in [2.05, 4.69) is 11.3 Å². The number of aliphatic hydroxyl groups is 1. The summed E-state index contributed by atoms with van der Waals surface area (Å²) in [6, 6.07) is 0. The van der Waals surface area contributed by atoms with Gasteiger partial charge in [-0.25, -0.2) is 0 Å². The van der Waals surface area contributed by atoms with Crippen LogP contribution in [-0.4, -0.2) is 21.0 Å². The van der Waals surface area contributed by atoms with Crippen molar-refractivity contribution in [2.75, 3.05) is 0 Å². The van der Waals surface area contributed by atoms with E-state index >= 15 is 0 Å². The van der Waals surface area contributed by atoms with Crippen LogP contribution in [0.25, 0.3) is 0 Å². The molecule has 0 amide bonds. The van der Waals surface area contributed by atoms with Gasteiger partial charge in [-0.2, -0.15) is 5.10 Å². The molecule has 3 nitrogen and oxygen atoms in total. The van der Waals surface area contributed by atoms with Crippen molar-refractivity contribution in [3.63, 3.8) is 0 Å². The molecule has 5 rings (SSSR count). The minimum absolute atomic E-state index is 0.101. The maximum atomic E-state index is 10.9. The average Bonchev–Trinajstić information content (AvgIpc) is 2.80. The summed E-state index contributed by atoms with van der Waals surface area (Å²) in [5, 5.41) is 15.1. The summed E-state index contributed by atoms with van der Waals surface area (Å²) in [5.41, 5.74) is 1.54. The standard InChI is InChI=1S/C17H26N2O/c1-19-11-12(10-18-19)2-3-16(20)17-7-13-4-14(8-17)6-15(5-13)9-17/h10-11,13-16,20H,2-9H2,1H3. The van der Waals surface area contributed by atoms with Gasteiger partial charge in [0.25, 0.3) is 0 Å². The molecule has 4 saturated carbocycles. The lowest BCUT2D eigenvalue weighted by Gasteiger charge is -2.58. The Bertz CT molecular complexity index is 458. The minimum atomic E-state index is -0.101. The van der Waals surface area contributed by atoms with Gasteiger partial charge in [-0.15, -0.1) is 0 Å². The largest absolute Gasteiger partial charge is 0.393 e. The normalized spacial score (nSPS) is 40.2. The number of aryl methyl sites for hydroxylation is 2. The van der Waals surface area contributed by atoms with Crippen molar-refractivity contribution in [1.82, 2.24) is 9.78 Å². The van der Waals surface area contributed by atoms with Crippen molar-refractivity contribution < 1.29 is 5.11 Å². The summed E-state index contributed by atoms with van der Waals surface area (Å²) in [7, 11) is 1.96. The monoisotopic (exact) mass is 274 g/mol. The SMILES string of the molecule is Cn1cc(CCC(O)C23CC4CC(CC(C4)C2)C3)cn1. The third-order valence-corrected chi connectivity index (χ3v) is 6.26. The topological polar surface area (TPSA) is 38.0 Å². The minimum Gasteiger partial charge on any atom is -0.393 e. The Morgan fingerprint density at radius 1 is 1.25 bits per heavy atom. The highest BCUT2D eigenvalue weighted by atomic mass is 16.3. The van der Waals surface area contributed by atoms with Gasteiger partial charge in [0.15, 0.2) is 0 Å². The van der Waals surface area contributed by atoms with Gasteiger partial charge in [0.05, 0.1) is 12.3 Å². The van der Waals surface area contributed by atoms with Gasteiger partial charge < -0.3 is 5.11 Å². The van der Waals surface area contributed by atoms with Crippen LogP contribution < -0.4 is 0 Å². The molecule has 1 heterocycles. The van der Waals surface area contributed by atoms with E-state index in [-0.39, 0.29) is 11.5 Å². The van der Waals surface area contributed by atoms with Crippen molar-refractivity contribution in [2.24, 2.45) is 30.2 Å². The molecule has 4 aliphatic rings. The highest BCUT2D eigenvalue weighted by molar-refractivity contribution is 5.07. The smallest absolute Gasteiger partial charge is 0.0599 e. The van der Waals surface area contributed by atoms with Crippen LogP contribution in [-0.2, 0) is 13.5 Å². The van der Waals surface area contributed by atoms with Crippen LogP contribution in [0.3, 0.4) is 0 Å². The molecule has 1 N–H and O–H groups in total. The van der Waals surface area contributed by atoms with E-state index in [9.17, 15) is 5.11 Å². The summed E-state index contributed by atoms with van der Waals surface area (Å²) in [5.74, 6) is 2.78. The van der Waals surface area contributed by atoms with Gasteiger partial charge in [-0.3, -0.25) is 4.68 Å².